The van der Waals surface area contributed by atoms with Crippen molar-refractivity contribution in [2.24, 2.45) is 0 Å². The lowest BCUT2D eigenvalue weighted by Gasteiger charge is -2.23. The van der Waals surface area contributed by atoms with E-state index in [2.05, 4.69) is 20.2 Å². The van der Waals surface area contributed by atoms with Crippen molar-refractivity contribution in [1.82, 2.24) is 29.5 Å². The Bertz CT molecular complexity index is 675. The van der Waals surface area contributed by atoms with Crippen molar-refractivity contribution in [2.45, 2.75) is 27.9 Å². The van der Waals surface area contributed by atoms with Gasteiger partial charge in [0.05, 0.1) is 0 Å². The molecular weight excluding hydrogens is 397 g/mol. The Kier molecular flexibility index (Phi) is 4.94. The normalized spacial score (nSPS) is 12.9. The third-order valence-electron chi connectivity index (χ3n) is 2.58. The second-order valence-corrected chi connectivity index (χ2v) is 8.16. The Morgan fingerprint density at radius 2 is 1.86 bits per heavy atom. The van der Waals surface area contributed by atoms with Crippen molar-refractivity contribution in [3.63, 3.8) is 0 Å². The monoisotopic (exact) mass is 404 g/mol. The quantitative estimate of drug-likeness (QED) is 0.713. The molecule has 0 aromatic carbocycles. The van der Waals surface area contributed by atoms with Crippen LogP contribution in [-0.4, -0.2) is 39.4 Å². The Labute approximate surface area is 150 Å². The first-order chi connectivity index (χ1) is 10.1. The summed E-state index contributed by atoms with van der Waals surface area (Å²) in [6, 6.07) is -0.617. The standard InChI is InChI=1S/C10H9Cl5N6O/c1-5(2)6-18-7(9(11,12)10(13,14)15)19-21(6)8(22)20-4-16-3-17-20/h3-5H,1-2H3. The van der Waals surface area contributed by atoms with E-state index < -0.39 is 14.2 Å². The molecule has 22 heavy (non-hydrogen) atoms. The van der Waals surface area contributed by atoms with Crippen LogP contribution in [-0.2, 0) is 4.33 Å². The third kappa shape index (κ3) is 3.19. The summed E-state index contributed by atoms with van der Waals surface area (Å²) in [5, 5.41) is 7.71. The van der Waals surface area contributed by atoms with Crippen molar-refractivity contribution >= 4 is 64.0 Å². The van der Waals surface area contributed by atoms with Gasteiger partial charge in [-0.1, -0.05) is 71.9 Å². The summed E-state index contributed by atoms with van der Waals surface area (Å²) in [5.41, 5.74) is 0. The van der Waals surface area contributed by atoms with Gasteiger partial charge in [0.2, 0.25) is 8.13 Å². The topological polar surface area (TPSA) is 78.5 Å². The molecule has 12 heteroatoms. The molecule has 0 bridgehead atoms. The van der Waals surface area contributed by atoms with Crippen molar-refractivity contribution < 1.29 is 4.79 Å². The van der Waals surface area contributed by atoms with Crippen LogP contribution in [0.15, 0.2) is 12.7 Å². The fraction of sp³-hybridized carbons (Fsp3) is 0.500. The zero-order valence-corrected chi connectivity index (χ0v) is 15.0. The molecule has 2 heterocycles. The van der Waals surface area contributed by atoms with E-state index in [0.717, 1.165) is 9.36 Å². The average Bonchev–Trinajstić information content (AvgIpc) is 3.06. The van der Waals surface area contributed by atoms with E-state index in [1.807, 2.05) is 0 Å². The first-order valence-electron chi connectivity index (χ1n) is 5.87. The molecule has 0 aliphatic heterocycles. The zero-order valence-electron chi connectivity index (χ0n) is 11.2. The minimum atomic E-state index is -2.09. The predicted molar refractivity (Wildman–Crippen MR) is 84.0 cm³/mol. The van der Waals surface area contributed by atoms with Gasteiger partial charge >= 0.3 is 6.03 Å². The van der Waals surface area contributed by atoms with Gasteiger partial charge in [-0.05, 0) is 0 Å². The largest absolute Gasteiger partial charge is 0.372 e. The lowest BCUT2D eigenvalue weighted by molar-refractivity contribution is 0.236. The number of aromatic nitrogens is 6. The number of rotatable bonds is 2. The third-order valence-corrected chi connectivity index (χ3v) is 4.92. The smallest absolute Gasteiger partial charge is 0.243 e. The van der Waals surface area contributed by atoms with Crippen LogP contribution in [0.5, 0.6) is 0 Å². The number of alkyl halides is 5. The van der Waals surface area contributed by atoms with Crippen molar-refractivity contribution in [3.05, 3.63) is 24.3 Å². The molecule has 0 unspecified atom stereocenters. The van der Waals surface area contributed by atoms with Crippen molar-refractivity contribution in [1.29, 1.82) is 0 Å². The molecule has 0 N–H and O–H groups in total. The summed E-state index contributed by atoms with van der Waals surface area (Å²) in [6.45, 7) is 3.61. The Morgan fingerprint density at radius 3 is 2.32 bits per heavy atom. The van der Waals surface area contributed by atoms with Gasteiger partial charge < -0.3 is 0 Å². The van der Waals surface area contributed by atoms with E-state index in [1.165, 1.54) is 12.7 Å². The Balaban J connectivity index is 2.54. The van der Waals surface area contributed by atoms with Crippen LogP contribution in [0.2, 0.25) is 0 Å². The molecule has 0 amide bonds. The summed E-state index contributed by atoms with van der Waals surface area (Å²) in [6.07, 6.45) is 2.43. The minimum absolute atomic E-state index is 0.173. The van der Waals surface area contributed by atoms with E-state index >= 15 is 0 Å². The van der Waals surface area contributed by atoms with Crippen LogP contribution in [0.4, 0.5) is 4.79 Å². The van der Waals surface area contributed by atoms with Crippen LogP contribution < -0.4 is 0 Å². The molecule has 0 saturated heterocycles. The highest BCUT2D eigenvalue weighted by molar-refractivity contribution is 6.75. The van der Waals surface area contributed by atoms with E-state index in [1.54, 1.807) is 13.8 Å². The lowest BCUT2D eigenvalue weighted by atomic mass is 10.2. The molecule has 0 aliphatic carbocycles. The van der Waals surface area contributed by atoms with Crippen molar-refractivity contribution in [3.8, 4) is 0 Å². The molecule has 0 aliphatic rings. The number of nitrogens with zero attached hydrogens (tertiary/aromatic N) is 6. The summed E-state index contributed by atoms with van der Waals surface area (Å²) in [5.74, 6) is -0.0864. The fourth-order valence-corrected chi connectivity index (χ4v) is 1.92. The molecule has 0 saturated carbocycles. The molecule has 2 rings (SSSR count). The van der Waals surface area contributed by atoms with Gasteiger partial charge in [0.25, 0.3) is 0 Å². The van der Waals surface area contributed by atoms with E-state index in [-0.39, 0.29) is 17.6 Å². The number of carbonyl (C=O) groups is 1. The first-order valence-corrected chi connectivity index (χ1v) is 7.76. The lowest BCUT2D eigenvalue weighted by Crippen LogP contribution is -2.30. The van der Waals surface area contributed by atoms with Gasteiger partial charge in [0.15, 0.2) is 5.82 Å². The molecule has 2 aromatic rings. The maximum atomic E-state index is 12.4. The highest BCUT2D eigenvalue weighted by Crippen LogP contribution is 2.51. The second-order valence-electron chi connectivity index (χ2n) is 4.55. The highest BCUT2D eigenvalue weighted by atomic mass is 35.6. The summed E-state index contributed by atoms with van der Waals surface area (Å²) in [4.78, 5) is 20.2. The summed E-state index contributed by atoms with van der Waals surface area (Å²) in [7, 11) is 0. The Morgan fingerprint density at radius 1 is 1.23 bits per heavy atom. The minimum Gasteiger partial charge on any atom is -0.243 e. The molecule has 120 valence electrons. The maximum Gasteiger partial charge on any atom is 0.372 e. The highest BCUT2D eigenvalue weighted by Gasteiger charge is 2.51. The Hall–Kier alpha value is -0.600. The molecule has 0 atom stereocenters. The summed E-state index contributed by atoms with van der Waals surface area (Å²) >= 11 is 29.3. The fourth-order valence-electron chi connectivity index (χ4n) is 1.50. The van der Waals surface area contributed by atoms with Crippen molar-refractivity contribution in [2.75, 3.05) is 0 Å². The molecule has 7 nitrogen and oxygen atoms in total. The van der Waals surface area contributed by atoms with Crippen LogP contribution in [0, 0.1) is 0 Å². The van der Waals surface area contributed by atoms with E-state index in [0.29, 0.717) is 0 Å². The number of hydrogen-bond acceptors (Lipinski definition) is 5. The predicted octanol–water partition coefficient (Wildman–Crippen LogP) is 3.51. The average molecular weight is 406 g/mol. The second kappa shape index (κ2) is 6.13. The van der Waals surface area contributed by atoms with Gasteiger partial charge in [-0.25, -0.2) is 14.8 Å². The van der Waals surface area contributed by atoms with Gasteiger partial charge in [-0.2, -0.15) is 14.5 Å². The van der Waals surface area contributed by atoms with E-state index in [4.69, 9.17) is 58.0 Å². The van der Waals surface area contributed by atoms with Crippen LogP contribution in [0.1, 0.15) is 31.4 Å². The van der Waals surface area contributed by atoms with Gasteiger partial charge in [0.1, 0.15) is 18.5 Å². The number of hydrogen-bond donors (Lipinski definition) is 0. The molecule has 0 radical (unpaired) electrons. The van der Waals surface area contributed by atoms with Crippen LogP contribution in [0.25, 0.3) is 0 Å². The van der Waals surface area contributed by atoms with Crippen LogP contribution >= 0.6 is 58.0 Å². The number of halogens is 5. The molecule has 2 aromatic heterocycles. The molecular formula is C10H9Cl5N6O. The molecule has 0 fully saturated rings. The van der Waals surface area contributed by atoms with Gasteiger partial charge in [-0.3, -0.25) is 0 Å². The maximum absolute atomic E-state index is 12.4. The zero-order chi connectivity index (χ0) is 16.7. The van der Waals surface area contributed by atoms with Gasteiger partial charge in [-0.15, -0.1) is 5.10 Å². The summed E-state index contributed by atoms with van der Waals surface area (Å²) < 4.78 is -2.16. The number of carbonyl (C=O) groups excluding carboxylic acids is 1. The first kappa shape index (κ1) is 17.7. The molecule has 0 spiro atoms. The van der Waals surface area contributed by atoms with Gasteiger partial charge in [0, 0.05) is 5.92 Å². The van der Waals surface area contributed by atoms with E-state index in [9.17, 15) is 4.79 Å². The van der Waals surface area contributed by atoms with Crippen LogP contribution in [0.3, 0.4) is 0 Å². The SMILES string of the molecule is CC(C)c1nc(C(Cl)(Cl)C(Cl)(Cl)Cl)nn1C(=O)n1cncn1.